The van der Waals surface area contributed by atoms with E-state index >= 15 is 0 Å². The van der Waals surface area contributed by atoms with Gasteiger partial charge in [0.1, 0.15) is 12.5 Å². The van der Waals surface area contributed by atoms with Gasteiger partial charge >= 0.3 is 5.69 Å². The number of halogens is 2. The van der Waals surface area contributed by atoms with Crippen LogP contribution in [0.3, 0.4) is 0 Å². The van der Waals surface area contributed by atoms with Gasteiger partial charge in [-0.05, 0) is 6.07 Å². The third kappa shape index (κ3) is 2.18. The topological polar surface area (TPSA) is 89.4 Å². The van der Waals surface area contributed by atoms with Crippen LogP contribution in [0.15, 0.2) is 12.1 Å². The van der Waals surface area contributed by atoms with E-state index in [1.807, 2.05) is 0 Å². The molecule has 5 nitrogen and oxygen atoms in total. The molecule has 0 spiro atoms. The van der Waals surface area contributed by atoms with E-state index in [1.165, 1.54) is 0 Å². The Hall–Kier alpha value is -1.76. The van der Waals surface area contributed by atoms with Crippen LogP contribution in [-0.4, -0.2) is 16.7 Å². The molecule has 0 aliphatic heterocycles. The molecule has 1 rings (SSSR count). The fraction of sp³-hybridized carbons (Fsp3) is 0.250. The summed E-state index contributed by atoms with van der Waals surface area (Å²) in [4.78, 5) is 9.42. The molecule has 0 aromatic heterocycles. The van der Waals surface area contributed by atoms with Gasteiger partial charge in [-0.25, -0.2) is 8.78 Å². The zero-order valence-electron chi connectivity index (χ0n) is 7.48. The molecule has 3 N–H and O–H groups in total. The van der Waals surface area contributed by atoms with Crippen molar-refractivity contribution in [2.24, 2.45) is 5.73 Å². The summed E-state index contributed by atoms with van der Waals surface area (Å²) in [5.41, 5.74) is 4.07. The lowest BCUT2D eigenvalue weighted by Crippen LogP contribution is -2.13. The SMILES string of the molecule is N[C@H](CF)c1cc(F)cc([N+](=O)[O-])c1O. The molecule has 0 unspecified atom stereocenters. The first-order chi connectivity index (χ1) is 6.97. The Labute approximate surface area is 83.3 Å². The number of hydrogen-bond donors (Lipinski definition) is 2. The maximum Gasteiger partial charge on any atom is 0.313 e. The van der Waals surface area contributed by atoms with Crippen molar-refractivity contribution in [2.45, 2.75) is 6.04 Å². The van der Waals surface area contributed by atoms with Gasteiger partial charge in [0.25, 0.3) is 0 Å². The number of hydrogen-bond acceptors (Lipinski definition) is 4. The van der Waals surface area contributed by atoms with E-state index in [4.69, 9.17) is 5.73 Å². The standard InChI is InChI=1S/C8H8F2N2O3/c9-3-6(11)5-1-4(10)2-7(8(5)13)12(14)15/h1-2,6,13H,3,11H2/t6-/m1/s1. The fourth-order valence-electron chi connectivity index (χ4n) is 1.11. The molecule has 7 heteroatoms. The Morgan fingerprint density at radius 1 is 1.60 bits per heavy atom. The van der Waals surface area contributed by atoms with Crippen molar-refractivity contribution in [3.63, 3.8) is 0 Å². The second-order valence-corrected chi connectivity index (χ2v) is 2.88. The van der Waals surface area contributed by atoms with Gasteiger partial charge in [-0.15, -0.1) is 0 Å². The number of nitro groups is 1. The lowest BCUT2D eigenvalue weighted by Gasteiger charge is -2.09. The van der Waals surface area contributed by atoms with Crippen LogP contribution in [-0.2, 0) is 0 Å². The number of alkyl halides is 1. The molecule has 82 valence electrons. The van der Waals surface area contributed by atoms with Crippen LogP contribution in [0.4, 0.5) is 14.5 Å². The molecule has 0 heterocycles. The van der Waals surface area contributed by atoms with Gasteiger partial charge < -0.3 is 10.8 Å². The number of aromatic hydroxyl groups is 1. The van der Waals surface area contributed by atoms with Crippen LogP contribution < -0.4 is 5.73 Å². The van der Waals surface area contributed by atoms with Gasteiger partial charge in [-0.1, -0.05) is 0 Å². The predicted molar refractivity (Wildman–Crippen MR) is 47.6 cm³/mol. The molecular formula is C8H8F2N2O3. The van der Waals surface area contributed by atoms with Crippen molar-refractivity contribution in [3.05, 3.63) is 33.6 Å². The van der Waals surface area contributed by atoms with Crippen molar-refractivity contribution in [2.75, 3.05) is 6.67 Å². The Morgan fingerprint density at radius 3 is 2.67 bits per heavy atom. The molecule has 15 heavy (non-hydrogen) atoms. The van der Waals surface area contributed by atoms with Crippen LogP contribution in [0, 0.1) is 15.9 Å². The molecule has 0 bridgehead atoms. The molecule has 0 saturated heterocycles. The number of nitro benzene ring substituents is 1. The van der Waals surface area contributed by atoms with Crippen LogP contribution in [0.1, 0.15) is 11.6 Å². The van der Waals surface area contributed by atoms with Gasteiger partial charge in [0.15, 0.2) is 5.75 Å². The highest BCUT2D eigenvalue weighted by molar-refractivity contribution is 5.52. The van der Waals surface area contributed by atoms with Crippen molar-refractivity contribution < 1.29 is 18.8 Å². The highest BCUT2D eigenvalue weighted by Gasteiger charge is 2.22. The molecule has 1 atom stereocenters. The lowest BCUT2D eigenvalue weighted by molar-refractivity contribution is -0.386. The molecule has 1 aromatic carbocycles. The Bertz CT molecular complexity index is 398. The predicted octanol–water partition coefficient (Wildman–Crippen LogP) is 1.41. The average molecular weight is 218 g/mol. The first-order valence-electron chi connectivity index (χ1n) is 3.95. The van der Waals surface area contributed by atoms with Crippen molar-refractivity contribution >= 4 is 5.69 Å². The number of nitrogens with two attached hydrogens (primary N) is 1. The van der Waals surface area contributed by atoms with Crippen LogP contribution >= 0.6 is 0 Å². The quantitative estimate of drug-likeness (QED) is 0.592. The largest absolute Gasteiger partial charge is 0.502 e. The number of phenolic OH excluding ortho intramolecular Hbond substituents is 1. The van der Waals surface area contributed by atoms with E-state index in [-0.39, 0.29) is 5.56 Å². The minimum Gasteiger partial charge on any atom is -0.502 e. The highest BCUT2D eigenvalue weighted by Crippen LogP contribution is 2.33. The van der Waals surface area contributed by atoms with Crippen molar-refractivity contribution in [1.82, 2.24) is 0 Å². The summed E-state index contributed by atoms with van der Waals surface area (Å²) in [5, 5.41) is 19.7. The summed E-state index contributed by atoms with van der Waals surface area (Å²) in [6, 6.07) is 0.0375. The van der Waals surface area contributed by atoms with E-state index in [0.29, 0.717) is 6.07 Å². The Morgan fingerprint density at radius 2 is 2.20 bits per heavy atom. The maximum absolute atomic E-state index is 12.9. The molecule has 0 aliphatic rings. The second kappa shape index (κ2) is 4.18. The van der Waals surface area contributed by atoms with Gasteiger partial charge in [0, 0.05) is 5.56 Å². The average Bonchev–Trinajstić information content (AvgIpc) is 2.19. The number of nitrogens with zero attached hydrogens (tertiary/aromatic N) is 1. The summed E-state index contributed by atoms with van der Waals surface area (Å²) in [6.45, 7) is -1.05. The normalized spacial score (nSPS) is 12.5. The highest BCUT2D eigenvalue weighted by atomic mass is 19.1. The van der Waals surface area contributed by atoms with E-state index in [1.54, 1.807) is 0 Å². The summed E-state index contributed by atoms with van der Waals surface area (Å²) in [5.74, 6) is -1.75. The summed E-state index contributed by atoms with van der Waals surface area (Å²) < 4.78 is 25.1. The van der Waals surface area contributed by atoms with Crippen molar-refractivity contribution in [3.8, 4) is 5.75 Å². The maximum atomic E-state index is 12.9. The third-order valence-electron chi connectivity index (χ3n) is 1.85. The zero-order chi connectivity index (χ0) is 11.6. The second-order valence-electron chi connectivity index (χ2n) is 2.88. The number of phenols is 1. The molecule has 0 radical (unpaired) electrons. The smallest absolute Gasteiger partial charge is 0.313 e. The Kier molecular flexibility index (Phi) is 3.15. The third-order valence-corrected chi connectivity index (χ3v) is 1.85. The first-order valence-corrected chi connectivity index (χ1v) is 3.95. The molecular weight excluding hydrogens is 210 g/mol. The first kappa shape index (κ1) is 11.3. The minimum atomic E-state index is -1.28. The van der Waals surface area contributed by atoms with Crippen LogP contribution in [0.5, 0.6) is 5.75 Å². The molecule has 0 aliphatic carbocycles. The molecule has 1 aromatic rings. The lowest BCUT2D eigenvalue weighted by atomic mass is 10.1. The van der Waals surface area contributed by atoms with E-state index in [2.05, 4.69) is 0 Å². The minimum absolute atomic E-state index is 0.316. The summed E-state index contributed by atoms with van der Waals surface area (Å²) >= 11 is 0. The van der Waals surface area contributed by atoms with Gasteiger partial charge in [-0.2, -0.15) is 0 Å². The summed E-state index contributed by atoms with van der Waals surface area (Å²) in [6.07, 6.45) is 0. The van der Waals surface area contributed by atoms with Gasteiger partial charge in [0.2, 0.25) is 0 Å². The fourth-order valence-corrected chi connectivity index (χ4v) is 1.11. The summed E-state index contributed by atoms with van der Waals surface area (Å²) in [7, 11) is 0. The van der Waals surface area contributed by atoms with Gasteiger partial charge in [0.05, 0.1) is 17.0 Å². The molecule has 0 fully saturated rings. The van der Waals surface area contributed by atoms with E-state index in [9.17, 15) is 24.0 Å². The van der Waals surface area contributed by atoms with Gasteiger partial charge in [-0.3, -0.25) is 10.1 Å². The monoisotopic (exact) mass is 218 g/mol. The number of benzene rings is 1. The van der Waals surface area contributed by atoms with E-state index < -0.39 is 34.9 Å². The molecule has 0 amide bonds. The Balaban J connectivity index is 3.34. The zero-order valence-corrected chi connectivity index (χ0v) is 7.48. The van der Waals surface area contributed by atoms with E-state index in [0.717, 1.165) is 6.07 Å². The number of rotatable bonds is 3. The van der Waals surface area contributed by atoms with Crippen molar-refractivity contribution in [1.29, 1.82) is 0 Å². The van der Waals surface area contributed by atoms with Crippen LogP contribution in [0.25, 0.3) is 0 Å². The molecule has 0 saturated carbocycles. The van der Waals surface area contributed by atoms with Crippen LogP contribution in [0.2, 0.25) is 0 Å².